The Morgan fingerprint density at radius 1 is 1.50 bits per heavy atom. The second-order valence-corrected chi connectivity index (χ2v) is 4.37. The molecule has 98 valence electrons. The minimum Gasteiger partial charge on any atom is -0.376 e. The zero-order valence-electron chi connectivity index (χ0n) is 11.1. The molecule has 1 aromatic carbocycles. The molecule has 0 amide bonds. The summed E-state index contributed by atoms with van der Waals surface area (Å²) in [5, 5.41) is 0. The highest BCUT2D eigenvalue weighted by molar-refractivity contribution is 5.68. The van der Waals surface area contributed by atoms with Gasteiger partial charge in [-0.3, -0.25) is 0 Å². The molecule has 0 atom stereocenters. The van der Waals surface area contributed by atoms with Crippen molar-refractivity contribution in [2.24, 2.45) is 5.73 Å². The van der Waals surface area contributed by atoms with Crippen molar-refractivity contribution in [3.05, 3.63) is 54.0 Å². The first-order valence-electron chi connectivity index (χ1n) is 6.07. The molecule has 2 nitrogen and oxygen atoms in total. The van der Waals surface area contributed by atoms with Crippen LogP contribution in [0.2, 0.25) is 0 Å². The van der Waals surface area contributed by atoms with Crippen LogP contribution >= 0.6 is 0 Å². The largest absolute Gasteiger partial charge is 0.376 e. The molecule has 3 heteroatoms. The Morgan fingerprint density at radius 2 is 2.22 bits per heavy atom. The zero-order chi connectivity index (χ0) is 13.5. The van der Waals surface area contributed by atoms with Crippen LogP contribution in [0.3, 0.4) is 0 Å². The molecule has 0 bridgehead atoms. The molecule has 0 spiro atoms. The average molecular weight is 248 g/mol. The number of rotatable bonds is 2. The van der Waals surface area contributed by atoms with Crippen LogP contribution in [0.5, 0.6) is 0 Å². The van der Waals surface area contributed by atoms with Gasteiger partial charge in [0.25, 0.3) is 0 Å². The summed E-state index contributed by atoms with van der Waals surface area (Å²) in [5.74, 6) is -0.112. The van der Waals surface area contributed by atoms with Crippen LogP contribution in [0.25, 0.3) is 5.57 Å². The van der Waals surface area contributed by atoms with Gasteiger partial charge in [0.2, 0.25) is 0 Å². The van der Waals surface area contributed by atoms with E-state index in [2.05, 4.69) is 11.5 Å². The Labute approximate surface area is 109 Å². The number of nitrogens with two attached hydrogens (primary N) is 1. The molecule has 1 aromatic rings. The number of hydrogen-bond donors (Lipinski definition) is 1. The highest BCUT2D eigenvalue weighted by atomic mass is 19.1. The van der Waals surface area contributed by atoms with E-state index < -0.39 is 0 Å². The minimum absolute atomic E-state index is 0.112. The van der Waals surface area contributed by atoms with E-state index in [9.17, 15) is 4.39 Å². The Bertz CT molecular complexity index is 438. The third kappa shape index (κ3) is 3.70. The standard InChI is InChI=1S/C11H12FN.C4H9N/c1-8-6-13(2)7-9-4-3-5-10(12)11(8)9;1-2-3-4-5/h3-6H,7H2,1-2H3;2H,1,3-5H2. The second kappa shape index (κ2) is 6.97. The van der Waals surface area contributed by atoms with Crippen molar-refractivity contribution in [2.75, 3.05) is 13.6 Å². The molecule has 0 aromatic heterocycles. The van der Waals surface area contributed by atoms with Crippen LogP contribution in [0.4, 0.5) is 4.39 Å². The first-order valence-corrected chi connectivity index (χ1v) is 6.07. The number of fused-ring (bicyclic) bond motifs is 1. The van der Waals surface area contributed by atoms with Crippen molar-refractivity contribution in [3.8, 4) is 0 Å². The molecule has 18 heavy (non-hydrogen) atoms. The van der Waals surface area contributed by atoms with E-state index >= 15 is 0 Å². The summed E-state index contributed by atoms with van der Waals surface area (Å²) >= 11 is 0. The molecule has 0 saturated carbocycles. The number of halogens is 1. The van der Waals surface area contributed by atoms with Crippen molar-refractivity contribution in [2.45, 2.75) is 19.9 Å². The van der Waals surface area contributed by atoms with Gasteiger partial charge in [-0.2, -0.15) is 0 Å². The van der Waals surface area contributed by atoms with Crippen LogP contribution in [-0.2, 0) is 6.54 Å². The first kappa shape index (κ1) is 14.5. The van der Waals surface area contributed by atoms with E-state index in [0.29, 0.717) is 0 Å². The lowest BCUT2D eigenvalue weighted by Gasteiger charge is -2.24. The third-order valence-corrected chi connectivity index (χ3v) is 2.70. The lowest BCUT2D eigenvalue weighted by Crippen LogP contribution is -2.17. The molecular weight excluding hydrogens is 227 g/mol. The summed E-state index contributed by atoms with van der Waals surface area (Å²) in [7, 11) is 2.00. The smallest absolute Gasteiger partial charge is 0.131 e. The highest BCUT2D eigenvalue weighted by Gasteiger charge is 2.15. The molecule has 2 N–H and O–H groups in total. The molecule has 0 radical (unpaired) electrons. The quantitative estimate of drug-likeness (QED) is 0.815. The van der Waals surface area contributed by atoms with Gasteiger partial charge < -0.3 is 10.6 Å². The van der Waals surface area contributed by atoms with Gasteiger partial charge in [0.15, 0.2) is 0 Å². The molecule has 1 heterocycles. The number of nitrogens with zero attached hydrogens (tertiary/aromatic N) is 1. The minimum atomic E-state index is -0.112. The molecular formula is C15H21FN2. The maximum Gasteiger partial charge on any atom is 0.131 e. The SMILES string of the molecule is C=CCCN.CC1=CN(C)Cc2cccc(F)c21. The summed E-state index contributed by atoms with van der Waals surface area (Å²) in [5.41, 5.74) is 7.92. The van der Waals surface area contributed by atoms with Crippen molar-refractivity contribution in [3.63, 3.8) is 0 Å². The van der Waals surface area contributed by atoms with E-state index in [1.165, 1.54) is 6.07 Å². The van der Waals surface area contributed by atoms with E-state index in [-0.39, 0.29) is 5.82 Å². The first-order chi connectivity index (χ1) is 8.60. The maximum atomic E-state index is 13.4. The van der Waals surface area contributed by atoms with Crippen molar-refractivity contribution < 1.29 is 4.39 Å². The van der Waals surface area contributed by atoms with Crippen molar-refractivity contribution in [1.82, 2.24) is 4.90 Å². The van der Waals surface area contributed by atoms with Gasteiger partial charge in [0, 0.05) is 25.4 Å². The lowest BCUT2D eigenvalue weighted by molar-refractivity contribution is 0.442. The topological polar surface area (TPSA) is 29.3 Å². The molecule has 2 rings (SSSR count). The van der Waals surface area contributed by atoms with Crippen molar-refractivity contribution in [1.29, 1.82) is 0 Å². The Balaban J connectivity index is 0.000000280. The van der Waals surface area contributed by atoms with Crippen molar-refractivity contribution >= 4 is 5.57 Å². The Hall–Kier alpha value is -1.61. The summed E-state index contributed by atoms with van der Waals surface area (Å²) < 4.78 is 13.4. The fourth-order valence-corrected chi connectivity index (χ4v) is 1.97. The predicted molar refractivity (Wildman–Crippen MR) is 75.4 cm³/mol. The number of benzene rings is 1. The summed E-state index contributed by atoms with van der Waals surface area (Å²) in [6.07, 6.45) is 4.71. The molecule has 0 saturated heterocycles. The van der Waals surface area contributed by atoms with Gasteiger partial charge in [-0.25, -0.2) is 4.39 Å². The van der Waals surface area contributed by atoms with E-state index in [1.807, 2.05) is 26.2 Å². The van der Waals surface area contributed by atoms with Gasteiger partial charge in [0.05, 0.1) is 0 Å². The van der Waals surface area contributed by atoms with Crippen LogP contribution in [0, 0.1) is 5.82 Å². The Kier molecular flexibility index (Phi) is 5.59. The van der Waals surface area contributed by atoms with E-state index in [0.717, 1.165) is 36.2 Å². The van der Waals surface area contributed by atoms with Crippen LogP contribution in [0.1, 0.15) is 24.5 Å². The van der Waals surface area contributed by atoms with Crippen LogP contribution < -0.4 is 5.73 Å². The van der Waals surface area contributed by atoms with Crippen LogP contribution in [0.15, 0.2) is 37.1 Å². The molecule has 0 aliphatic carbocycles. The van der Waals surface area contributed by atoms with Crippen LogP contribution in [-0.4, -0.2) is 18.5 Å². The summed E-state index contributed by atoms with van der Waals surface area (Å²) in [6, 6.07) is 5.26. The molecule has 0 fully saturated rings. The van der Waals surface area contributed by atoms with Gasteiger partial charge in [0.1, 0.15) is 5.82 Å². The van der Waals surface area contributed by atoms with E-state index in [1.54, 1.807) is 12.1 Å². The maximum absolute atomic E-state index is 13.4. The summed E-state index contributed by atoms with van der Waals surface area (Å²) in [6.45, 7) is 6.93. The number of allylic oxidation sites excluding steroid dienone is 1. The van der Waals surface area contributed by atoms with Gasteiger partial charge in [-0.15, -0.1) is 6.58 Å². The highest BCUT2D eigenvalue weighted by Crippen LogP contribution is 2.27. The van der Waals surface area contributed by atoms with Gasteiger partial charge in [-0.05, 0) is 37.1 Å². The Morgan fingerprint density at radius 3 is 2.78 bits per heavy atom. The lowest BCUT2D eigenvalue weighted by atomic mass is 9.98. The average Bonchev–Trinajstić information content (AvgIpc) is 2.30. The molecule has 1 aliphatic rings. The third-order valence-electron chi connectivity index (χ3n) is 2.70. The molecule has 1 aliphatic heterocycles. The number of hydrogen-bond acceptors (Lipinski definition) is 2. The monoisotopic (exact) mass is 248 g/mol. The van der Waals surface area contributed by atoms with E-state index in [4.69, 9.17) is 5.73 Å². The normalized spacial score (nSPS) is 13.1. The molecule has 0 unspecified atom stereocenters. The zero-order valence-corrected chi connectivity index (χ0v) is 11.1. The van der Waals surface area contributed by atoms with Gasteiger partial charge >= 0.3 is 0 Å². The van der Waals surface area contributed by atoms with Gasteiger partial charge in [-0.1, -0.05) is 18.2 Å². The fourth-order valence-electron chi connectivity index (χ4n) is 1.97. The predicted octanol–water partition coefficient (Wildman–Crippen LogP) is 3.15. The fraction of sp³-hybridized carbons (Fsp3) is 0.333. The second-order valence-electron chi connectivity index (χ2n) is 4.37. The summed E-state index contributed by atoms with van der Waals surface area (Å²) in [4.78, 5) is 2.07.